The van der Waals surface area contributed by atoms with E-state index in [0.717, 1.165) is 42.4 Å². The number of aromatic nitrogens is 1. The van der Waals surface area contributed by atoms with Gasteiger partial charge in [-0.2, -0.15) is 0 Å². The minimum Gasteiger partial charge on any atom is -0.350 e. The molecule has 3 N–H and O–H groups in total. The van der Waals surface area contributed by atoms with E-state index in [0.29, 0.717) is 5.56 Å². The fourth-order valence-electron chi connectivity index (χ4n) is 4.44. The molecule has 0 saturated carbocycles. The highest BCUT2D eigenvalue weighted by atomic mass is 16.2. The molecular weight excluding hydrogens is 388 g/mol. The lowest BCUT2D eigenvalue weighted by atomic mass is 9.89. The van der Waals surface area contributed by atoms with Crippen molar-refractivity contribution in [1.29, 1.82) is 0 Å². The summed E-state index contributed by atoms with van der Waals surface area (Å²) in [5.41, 5.74) is 2.63. The molecule has 6 heteroatoms. The van der Waals surface area contributed by atoms with Crippen LogP contribution in [-0.2, 0) is 11.8 Å². The van der Waals surface area contributed by atoms with Gasteiger partial charge < -0.3 is 20.5 Å². The highest BCUT2D eigenvalue weighted by Crippen LogP contribution is 2.23. The molecule has 4 rings (SSSR count). The molecule has 1 aliphatic heterocycles. The largest absolute Gasteiger partial charge is 0.350 e. The summed E-state index contributed by atoms with van der Waals surface area (Å²) in [5.74, 6) is -0.233. The van der Waals surface area contributed by atoms with E-state index >= 15 is 0 Å². The third-order valence-electron chi connectivity index (χ3n) is 6.22. The molecule has 31 heavy (non-hydrogen) atoms. The molecule has 1 unspecified atom stereocenters. The summed E-state index contributed by atoms with van der Waals surface area (Å²) in [6.07, 6.45) is 3.55. The number of rotatable bonds is 6. The Kier molecular flexibility index (Phi) is 6.37. The zero-order chi connectivity index (χ0) is 21.8. The standard InChI is InChI=1S/C25H30N4O2/c1-17(18-8-4-3-5-9-18)27-25(31)23(19-12-14-26-15-13-19)28-24(30)21-16-29(2)22-11-7-6-10-20(21)22/h3-11,16-17,19,23,26H,12-15H2,1-2H3,(H,27,31)(H,28,30)/t17-,23?/m1/s1. The molecule has 0 aliphatic carbocycles. The van der Waals surface area contributed by atoms with Crippen molar-refractivity contribution in [3.05, 3.63) is 71.9 Å². The minimum absolute atomic E-state index is 0.100. The SMILES string of the molecule is C[C@@H](NC(=O)C(NC(=O)c1cn(C)c2ccccc12)C1CCNCC1)c1ccccc1. The molecule has 0 radical (unpaired) electrons. The maximum absolute atomic E-state index is 13.3. The van der Waals surface area contributed by atoms with E-state index in [9.17, 15) is 9.59 Å². The number of amides is 2. The van der Waals surface area contributed by atoms with Crippen molar-refractivity contribution < 1.29 is 9.59 Å². The van der Waals surface area contributed by atoms with Gasteiger partial charge in [-0.15, -0.1) is 0 Å². The highest BCUT2D eigenvalue weighted by molar-refractivity contribution is 6.08. The summed E-state index contributed by atoms with van der Waals surface area (Å²) in [6.45, 7) is 3.68. The lowest BCUT2D eigenvalue weighted by Gasteiger charge is -2.31. The van der Waals surface area contributed by atoms with Gasteiger partial charge in [-0.05, 0) is 50.4 Å². The monoisotopic (exact) mass is 418 g/mol. The van der Waals surface area contributed by atoms with Crippen LogP contribution in [0.15, 0.2) is 60.8 Å². The predicted octanol–water partition coefficient (Wildman–Crippen LogP) is 3.15. The molecule has 2 amide bonds. The predicted molar refractivity (Wildman–Crippen MR) is 123 cm³/mol. The molecule has 0 spiro atoms. The second-order valence-corrected chi connectivity index (χ2v) is 8.35. The average Bonchev–Trinajstić information content (AvgIpc) is 3.15. The van der Waals surface area contributed by atoms with Gasteiger partial charge in [0.15, 0.2) is 0 Å². The molecule has 6 nitrogen and oxygen atoms in total. The molecule has 2 aromatic carbocycles. The number of nitrogens with one attached hydrogen (secondary N) is 3. The van der Waals surface area contributed by atoms with Gasteiger partial charge in [0.05, 0.1) is 11.6 Å². The number of piperidine rings is 1. The molecule has 1 aromatic heterocycles. The Morgan fingerprint density at radius 1 is 1.00 bits per heavy atom. The minimum atomic E-state index is -0.570. The normalized spacial score (nSPS) is 16.6. The quantitative estimate of drug-likeness (QED) is 0.576. The number of carbonyl (C=O) groups is 2. The van der Waals surface area contributed by atoms with Crippen molar-refractivity contribution in [2.75, 3.05) is 13.1 Å². The van der Waals surface area contributed by atoms with E-state index in [4.69, 9.17) is 0 Å². The van der Waals surface area contributed by atoms with Crippen LogP contribution in [0.3, 0.4) is 0 Å². The summed E-state index contributed by atoms with van der Waals surface area (Å²) in [7, 11) is 1.93. The maximum Gasteiger partial charge on any atom is 0.254 e. The smallest absolute Gasteiger partial charge is 0.254 e. The van der Waals surface area contributed by atoms with Crippen LogP contribution in [0.1, 0.15) is 41.7 Å². The zero-order valence-electron chi connectivity index (χ0n) is 18.1. The first-order valence-electron chi connectivity index (χ1n) is 11.0. The van der Waals surface area contributed by atoms with E-state index in [-0.39, 0.29) is 23.8 Å². The maximum atomic E-state index is 13.3. The van der Waals surface area contributed by atoms with Crippen molar-refractivity contribution in [2.24, 2.45) is 13.0 Å². The molecule has 0 bridgehead atoms. The van der Waals surface area contributed by atoms with Crippen LogP contribution in [0, 0.1) is 5.92 Å². The summed E-state index contributed by atoms with van der Waals surface area (Å²) >= 11 is 0. The average molecular weight is 419 g/mol. The first-order chi connectivity index (χ1) is 15.0. The third kappa shape index (κ3) is 4.64. The van der Waals surface area contributed by atoms with Gasteiger partial charge in [0.1, 0.15) is 6.04 Å². The number of hydrogen-bond donors (Lipinski definition) is 3. The van der Waals surface area contributed by atoms with Crippen LogP contribution in [0.2, 0.25) is 0 Å². The molecule has 1 fully saturated rings. The van der Waals surface area contributed by atoms with E-state index in [1.807, 2.05) is 79.3 Å². The molecular formula is C25H30N4O2. The van der Waals surface area contributed by atoms with E-state index in [2.05, 4.69) is 16.0 Å². The zero-order valence-corrected chi connectivity index (χ0v) is 18.1. The van der Waals surface area contributed by atoms with Crippen molar-refractivity contribution in [1.82, 2.24) is 20.5 Å². The van der Waals surface area contributed by atoms with E-state index in [1.165, 1.54) is 0 Å². The third-order valence-corrected chi connectivity index (χ3v) is 6.22. The second kappa shape index (κ2) is 9.35. The van der Waals surface area contributed by atoms with Crippen molar-refractivity contribution in [3.8, 4) is 0 Å². The number of nitrogens with zero attached hydrogens (tertiary/aromatic N) is 1. The van der Waals surface area contributed by atoms with Crippen LogP contribution in [-0.4, -0.2) is 35.5 Å². The number of benzene rings is 2. The molecule has 162 valence electrons. The summed E-state index contributed by atoms with van der Waals surface area (Å²) in [5, 5.41) is 10.4. The van der Waals surface area contributed by atoms with Gasteiger partial charge in [0, 0.05) is 24.1 Å². The summed E-state index contributed by atoms with van der Waals surface area (Å²) in [6, 6.07) is 17.0. The van der Waals surface area contributed by atoms with Crippen molar-refractivity contribution >= 4 is 22.7 Å². The number of hydrogen-bond acceptors (Lipinski definition) is 3. The lowest BCUT2D eigenvalue weighted by Crippen LogP contribution is -2.53. The topological polar surface area (TPSA) is 75.2 Å². The number of fused-ring (bicyclic) bond motifs is 1. The Labute approximate surface area is 183 Å². The Hall–Kier alpha value is -3.12. The number of para-hydroxylation sites is 1. The fourth-order valence-corrected chi connectivity index (χ4v) is 4.44. The molecule has 1 aliphatic rings. The molecule has 3 aromatic rings. The molecule has 1 saturated heterocycles. The Bertz CT molecular complexity index is 1050. The second-order valence-electron chi connectivity index (χ2n) is 8.35. The summed E-state index contributed by atoms with van der Waals surface area (Å²) < 4.78 is 1.95. The first kappa shape index (κ1) is 21.1. The van der Waals surface area contributed by atoms with Crippen LogP contribution in [0.5, 0.6) is 0 Å². The van der Waals surface area contributed by atoms with Gasteiger partial charge in [0.2, 0.25) is 5.91 Å². The van der Waals surface area contributed by atoms with Crippen LogP contribution in [0.25, 0.3) is 10.9 Å². The molecule has 2 atom stereocenters. The van der Waals surface area contributed by atoms with Crippen LogP contribution in [0.4, 0.5) is 0 Å². The van der Waals surface area contributed by atoms with Gasteiger partial charge >= 0.3 is 0 Å². The van der Waals surface area contributed by atoms with Crippen molar-refractivity contribution in [2.45, 2.75) is 31.8 Å². The van der Waals surface area contributed by atoms with Gasteiger partial charge in [-0.25, -0.2) is 0 Å². The van der Waals surface area contributed by atoms with E-state index in [1.54, 1.807) is 0 Å². The fraction of sp³-hybridized carbons (Fsp3) is 0.360. The lowest BCUT2D eigenvalue weighted by molar-refractivity contribution is -0.125. The first-order valence-corrected chi connectivity index (χ1v) is 11.0. The van der Waals surface area contributed by atoms with Gasteiger partial charge in [-0.3, -0.25) is 9.59 Å². The number of aryl methyl sites for hydroxylation is 1. The number of carbonyl (C=O) groups excluding carboxylic acids is 2. The molecule has 2 heterocycles. The van der Waals surface area contributed by atoms with Crippen LogP contribution >= 0.6 is 0 Å². The van der Waals surface area contributed by atoms with E-state index < -0.39 is 6.04 Å². The Morgan fingerprint density at radius 3 is 2.42 bits per heavy atom. The highest BCUT2D eigenvalue weighted by Gasteiger charge is 2.32. The van der Waals surface area contributed by atoms with Crippen LogP contribution < -0.4 is 16.0 Å². The van der Waals surface area contributed by atoms with Crippen molar-refractivity contribution in [3.63, 3.8) is 0 Å². The summed E-state index contributed by atoms with van der Waals surface area (Å²) in [4.78, 5) is 26.6. The Morgan fingerprint density at radius 2 is 1.68 bits per heavy atom. The van der Waals surface area contributed by atoms with Gasteiger partial charge in [-0.1, -0.05) is 48.5 Å². The van der Waals surface area contributed by atoms with Gasteiger partial charge in [0.25, 0.3) is 5.91 Å². The Balaban J connectivity index is 1.56.